The summed E-state index contributed by atoms with van der Waals surface area (Å²) in [5, 5.41) is 32.6. The van der Waals surface area contributed by atoms with Gasteiger partial charge in [0, 0.05) is 7.11 Å². The normalized spacial score (nSPS) is 29.7. The first-order valence-electron chi connectivity index (χ1n) is 14.7. The third-order valence-corrected chi connectivity index (χ3v) is 12.3. The van der Waals surface area contributed by atoms with Gasteiger partial charge in [-0.1, -0.05) is 4.98 Å². The number of aromatic amines is 2. The summed E-state index contributed by atoms with van der Waals surface area (Å²) in [7, 11) is -14.7. The second-order valence-corrected chi connectivity index (χ2v) is 16.2. The number of aliphatic hydroxyl groups is 3. The highest BCUT2D eigenvalue weighted by atomic mass is 31.3. The number of imidazole rings is 2. The van der Waals surface area contributed by atoms with E-state index in [0.717, 1.165) is 22.6 Å². The Balaban J connectivity index is 1.06. The fourth-order valence-electron chi connectivity index (χ4n) is 5.79. The van der Waals surface area contributed by atoms with Crippen LogP contribution in [0.1, 0.15) is 6.23 Å². The molecule has 6 unspecified atom stereocenters. The first-order valence-corrected chi connectivity index (χ1v) is 19.2. The second kappa shape index (κ2) is 14.0. The Morgan fingerprint density at radius 1 is 0.981 bits per heavy atom. The Morgan fingerprint density at radius 2 is 1.58 bits per heavy atom. The van der Waals surface area contributed by atoms with E-state index in [1.807, 2.05) is 0 Å². The van der Waals surface area contributed by atoms with E-state index in [1.54, 1.807) is 0 Å². The van der Waals surface area contributed by atoms with Crippen LogP contribution in [0.3, 0.4) is 0 Å². The summed E-state index contributed by atoms with van der Waals surface area (Å²) >= 11 is 0. The van der Waals surface area contributed by atoms with Gasteiger partial charge in [-0.2, -0.15) is 18.2 Å². The quantitative estimate of drug-likeness (QED) is 0.0452. The van der Waals surface area contributed by atoms with Gasteiger partial charge in [0.05, 0.1) is 26.6 Å². The zero-order valence-electron chi connectivity index (χ0n) is 27.0. The van der Waals surface area contributed by atoms with Crippen LogP contribution in [0.2, 0.25) is 0 Å². The van der Waals surface area contributed by atoms with Gasteiger partial charge in [-0.3, -0.25) is 37.7 Å². The Bertz CT molecular complexity index is 2310. The van der Waals surface area contributed by atoms with Crippen molar-refractivity contribution in [1.29, 1.82) is 0 Å². The average Bonchev–Trinajstić information content (AvgIpc) is 3.77. The highest BCUT2D eigenvalue weighted by Crippen LogP contribution is 2.67. The minimum atomic E-state index is -5.98. The van der Waals surface area contributed by atoms with Crippen LogP contribution in [0.5, 0.6) is 0 Å². The fourth-order valence-corrected chi connectivity index (χ4v) is 9.31. The van der Waals surface area contributed by atoms with Gasteiger partial charge in [0.15, 0.2) is 23.7 Å². The summed E-state index contributed by atoms with van der Waals surface area (Å²) in [6.45, 7) is -2.58. The van der Waals surface area contributed by atoms with Crippen LogP contribution in [-0.2, 0) is 58.3 Å². The Kier molecular flexibility index (Phi) is 10.3. The molecule has 53 heavy (non-hydrogen) atoms. The lowest BCUT2D eigenvalue weighted by Crippen LogP contribution is -2.64. The lowest BCUT2D eigenvalue weighted by molar-refractivity contribution is -0.793. The molecule has 6 heterocycles. The number of nitrogen functional groups attached to an aromatic ring is 2. The molecule has 0 radical (unpaired) electrons. The third kappa shape index (κ3) is 7.59. The summed E-state index contributed by atoms with van der Waals surface area (Å²) in [6, 6.07) is 0. The number of methoxy groups -OCH3 is 1. The molecule has 12 N–H and O–H groups in total. The lowest BCUT2D eigenvalue weighted by Gasteiger charge is -2.27. The third-order valence-electron chi connectivity index (χ3n) is 8.02. The molecule has 28 nitrogen and oxygen atoms in total. The van der Waals surface area contributed by atoms with Crippen molar-refractivity contribution in [2.75, 3.05) is 38.4 Å². The van der Waals surface area contributed by atoms with E-state index < -0.39 is 96.9 Å². The number of aliphatic hydroxyl groups excluding tert-OH is 2. The molecule has 0 aliphatic carbocycles. The fraction of sp³-hybridized carbons (Fsp3) is 0.545. The molecule has 0 bridgehead atoms. The van der Waals surface area contributed by atoms with Crippen molar-refractivity contribution >= 4 is 57.7 Å². The Hall–Kier alpha value is -3.53. The number of aryl methyl sites for hydroxylation is 1. The molecule has 4 aromatic rings. The molecule has 31 heteroatoms. The van der Waals surface area contributed by atoms with Gasteiger partial charge in [-0.05, 0) is 0 Å². The number of nitrogens with one attached hydrogen (secondary N) is 2. The molecule has 0 saturated carbocycles. The van der Waals surface area contributed by atoms with Gasteiger partial charge in [0.2, 0.25) is 17.2 Å². The van der Waals surface area contributed by atoms with Gasteiger partial charge >= 0.3 is 29.1 Å². The first kappa shape index (κ1) is 39.2. The van der Waals surface area contributed by atoms with Crippen LogP contribution >= 0.6 is 23.5 Å². The minimum Gasteiger partial charge on any atom is -0.387 e. The number of phosphoric ester groups is 2. The predicted molar refractivity (Wildman–Crippen MR) is 169 cm³/mol. The number of hydrogen-bond acceptors (Lipinski definition) is 20. The van der Waals surface area contributed by atoms with E-state index in [-0.39, 0.29) is 34.2 Å². The Labute approximate surface area is 293 Å². The van der Waals surface area contributed by atoms with E-state index in [1.165, 1.54) is 17.9 Å². The predicted octanol–water partition coefficient (Wildman–Crippen LogP) is -4.11. The van der Waals surface area contributed by atoms with Crippen molar-refractivity contribution in [2.24, 2.45) is 7.05 Å². The second-order valence-electron chi connectivity index (χ2n) is 11.6. The van der Waals surface area contributed by atoms with Gasteiger partial charge in [-0.25, -0.2) is 18.7 Å². The number of rotatable bonds is 13. The van der Waals surface area contributed by atoms with E-state index in [2.05, 4.69) is 38.1 Å². The molecule has 4 aromatic heterocycles. The zero-order chi connectivity index (χ0) is 38.8. The van der Waals surface area contributed by atoms with Crippen molar-refractivity contribution in [2.45, 2.75) is 42.5 Å². The molecule has 0 aromatic carbocycles. The number of fused-ring (bicyclic) bond motifs is 2. The molecular formula is C22H32N10O18P3+. The maximum Gasteiger partial charge on any atom is 0.490 e. The summed E-state index contributed by atoms with van der Waals surface area (Å²) in [5.74, 6) is -0.576. The number of phosphoric acid groups is 3. The van der Waals surface area contributed by atoms with Crippen molar-refractivity contribution in [3.8, 4) is 0 Å². The monoisotopic (exact) mass is 817 g/mol. The molecule has 2 saturated heterocycles. The van der Waals surface area contributed by atoms with Crippen LogP contribution in [0, 0.1) is 0 Å². The number of hydrogen-bond donors (Lipinski definition) is 10. The minimum absolute atomic E-state index is 0.0126. The first-order chi connectivity index (χ1) is 24.6. The number of anilines is 2. The van der Waals surface area contributed by atoms with Gasteiger partial charge in [0.1, 0.15) is 37.1 Å². The van der Waals surface area contributed by atoms with Crippen LogP contribution in [0.4, 0.5) is 11.9 Å². The van der Waals surface area contributed by atoms with E-state index in [9.17, 15) is 53.3 Å². The molecule has 6 rings (SSSR count). The molecule has 2 fully saturated rings. The number of ether oxygens (including phenoxy) is 3. The summed E-state index contributed by atoms with van der Waals surface area (Å²) in [6.07, 6.45) is -7.12. The number of nitrogens with zero attached hydrogens (tertiary/aromatic N) is 6. The van der Waals surface area contributed by atoms with Gasteiger partial charge in [-0.15, -0.1) is 0 Å². The van der Waals surface area contributed by atoms with Gasteiger partial charge < -0.3 is 55.7 Å². The van der Waals surface area contributed by atoms with E-state index in [4.69, 9.17) is 30.2 Å². The molecule has 2 aliphatic rings. The van der Waals surface area contributed by atoms with Crippen molar-refractivity contribution in [3.05, 3.63) is 33.4 Å². The topological polar surface area (TPSA) is 407 Å². The summed E-state index contributed by atoms with van der Waals surface area (Å²) < 4.78 is 75.0. The number of aromatic nitrogens is 8. The molecule has 2 aliphatic heterocycles. The highest BCUT2D eigenvalue weighted by Gasteiger charge is 2.56. The van der Waals surface area contributed by atoms with Crippen molar-refractivity contribution < 1.29 is 80.1 Å². The molecule has 0 amide bonds. The Morgan fingerprint density at radius 3 is 2.23 bits per heavy atom. The van der Waals surface area contributed by atoms with Crippen LogP contribution < -0.4 is 27.2 Å². The standard InChI is InChI=1S/C22H31N10O18P3/c1-30-7-32(16-11(30)18(36)29-21(24)27-16)22(37)5-45-9(14(22)44-2)4-47-52(40,41)50-53(42,43)49-51(38,39)46-3-8-12(33)13(34)19(48-8)31-6-25-10-15(31)26-20(23)28-17(10)35/h6-9,12-14,19,33-34,37H,3-5H2,1-2H3,(H8-,23,24,26,27,28,29,35,36,38,39,40,41,42,43)/p+1/t8-,9-,12?,13+,14?,19-,22?/m1/s1. The van der Waals surface area contributed by atoms with Crippen molar-refractivity contribution in [3.63, 3.8) is 0 Å². The highest BCUT2D eigenvalue weighted by molar-refractivity contribution is 7.66. The van der Waals surface area contributed by atoms with Crippen LogP contribution in [-0.4, -0.2) is 122 Å². The maximum absolute atomic E-state index is 12.6. The van der Waals surface area contributed by atoms with E-state index >= 15 is 0 Å². The summed E-state index contributed by atoms with van der Waals surface area (Å²) in [4.78, 5) is 71.1. The van der Waals surface area contributed by atoms with Crippen molar-refractivity contribution in [1.82, 2.24) is 34.1 Å². The molecule has 0 spiro atoms. The smallest absolute Gasteiger partial charge is 0.387 e. The van der Waals surface area contributed by atoms with Crippen LogP contribution in [0.15, 0.2) is 22.2 Å². The van der Waals surface area contributed by atoms with Gasteiger partial charge in [0.25, 0.3) is 17.1 Å². The summed E-state index contributed by atoms with van der Waals surface area (Å²) in [5.41, 5.74) is 7.34. The SMILES string of the molecule is COC1[C@@H](COP(=O)(O)OP(=O)(O)OP(=O)(O)OC[C@H]2O[C@@H](n3cnc4c(=O)[nH]c(N)nc43)[C@@H](O)C2O)OCC1(O)[n+]1cn(C)c2c(=O)[nH]c(N)nc21. The molecule has 10 atom stereocenters. The zero-order valence-corrected chi connectivity index (χ0v) is 29.7. The largest absolute Gasteiger partial charge is 0.490 e. The maximum atomic E-state index is 12.6. The number of H-pyrrole nitrogens is 2. The van der Waals surface area contributed by atoms with E-state index in [0.29, 0.717) is 0 Å². The molecular weight excluding hydrogens is 785 g/mol. The number of nitrogens with two attached hydrogens (primary N) is 2. The average molecular weight is 817 g/mol. The molecule has 292 valence electrons. The van der Waals surface area contributed by atoms with Crippen LogP contribution in [0.25, 0.3) is 22.3 Å². The lowest BCUT2D eigenvalue weighted by atomic mass is 10.1.